The summed E-state index contributed by atoms with van der Waals surface area (Å²) in [6.07, 6.45) is 7.81. The summed E-state index contributed by atoms with van der Waals surface area (Å²) in [6.45, 7) is 9.99. The van der Waals surface area contributed by atoms with E-state index in [4.69, 9.17) is 4.74 Å². The summed E-state index contributed by atoms with van der Waals surface area (Å²) >= 11 is 0. The smallest absolute Gasteiger partial charge is 0.193 e. The Kier molecular flexibility index (Phi) is 8.07. The van der Waals surface area contributed by atoms with Gasteiger partial charge in [-0.2, -0.15) is 0 Å². The van der Waals surface area contributed by atoms with Gasteiger partial charge in [0, 0.05) is 51.3 Å². The van der Waals surface area contributed by atoms with E-state index in [2.05, 4.69) is 27.0 Å². The molecule has 5 nitrogen and oxygen atoms in total. The highest BCUT2D eigenvalue weighted by atomic mass is 127. The summed E-state index contributed by atoms with van der Waals surface area (Å²) in [4.78, 5) is 9.58. The van der Waals surface area contributed by atoms with E-state index in [0.717, 1.165) is 44.8 Å². The van der Waals surface area contributed by atoms with Crippen molar-refractivity contribution in [1.29, 1.82) is 0 Å². The van der Waals surface area contributed by atoms with Crippen molar-refractivity contribution in [3.05, 3.63) is 0 Å². The highest BCUT2D eigenvalue weighted by Gasteiger charge is 2.42. The molecule has 3 fully saturated rings. The van der Waals surface area contributed by atoms with Gasteiger partial charge in [-0.1, -0.05) is 6.42 Å². The minimum atomic E-state index is 0. The van der Waals surface area contributed by atoms with E-state index in [-0.39, 0.29) is 24.0 Å². The van der Waals surface area contributed by atoms with Crippen molar-refractivity contribution >= 4 is 29.9 Å². The van der Waals surface area contributed by atoms with E-state index < -0.39 is 0 Å². The van der Waals surface area contributed by atoms with E-state index in [1.807, 2.05) is 7.05 Å². The highest BCUT2D eigenvalue weighted by molar-refractivity contribution is 14.0. The first-order valence-corrected chi connectivity index (χ1v) is 9.50. The molecule has 3 aliphatic rings. The molecule has 0 aliphatic carbocycles. The fraction of sp³-hybridized carbons (Fsp3) is 0.944. The first-order chi connectivity index (χ1) is 11.2. The number of rotatable bonds is 4. The second-order valence-electron chi connectivity index (χ2n) is 7.68. The molecule has 140 valence electrons. The van der Waals surface area contributed by atoms with Crippen molar-refractivity contribution < 1.29 is 4.74 Å². The molecule has 3 aliphatic heterocycles. The van der Waals surface area contributed by atoms with Crippen LogP contribution >= 0.6 is 24.0 Å². The Hall–Kier alpha value is -0.0800. The molecule has 3 heterocycles. The molecule has 0 aromatic carbocycles. The predicted octanol–water partition coefficient (Wildman–Crippen LogP) is 2.56. The topological polar surface area (TPSA) is 40.1 Å². The molecule has 3 rings (SSSR count). The number of aliphatic imine (C=N–C) groups is 1. The van der Waals surface area contributed by atoms with Gasteiger partial charge in [-0.05, 0) is 45.6 Å². The molecule has 24 heavy (non-hydrogen) atoms. The highest BCUT2D eigenvalue weighted by Crippen LogP contribution is 2.38. The van der Waals surface area contributed by atoms with E-state index in [1.54, 1.807) is 0 Å². The lowest BCUT2D eigenvalue weighted by Gasteiger charge is -2.33. The van der Waals surface area contributed by atoms with Crippen molar-refractivity contribution in [2.45, 2.75) is 51.5 Å². The van der Waals surface area contributed by atoms with Crippen LogP contribution in [0.4, 0.5) is 0 Å². The van der Waals surface area contributed by atoms with Crippen molar-refractivity contribution in [3.8, 4) is 0 Å². The van der Waals surface area contributed by atoms with Gasteiger partial charge in [0.1, 0.15) is 0 Å². The zero-order valence-corrected chi connectivity index (χ0v) is 17.8. The van der Waals surface area contributed by atoms with Gasteiger partial charge in [0.2, 0.25) is 0 Å². The second-order valence-corrected chi connectivity index (χ2v) is 7.68. The number of nitrogens with zero attached hydrogens (tertiary/aromatic N) is 3. The Morgan fingerprint density at radius 2 is 2.17 bits per heavy atom. The average Bonchev–Trinajstić information content (AvgIpc) is 3.20. The molecule has 1 N–H and O–H groups in total. The van der Waals surface area contributed by atoms with Gasteiger partial charge in [-0.3, -0.25) is 4.99 Å². The quantitative estimate of drug-likeness (QED) is 0.310. The largest absolute Gasteiger partial charge is 0.381 e. The molecule has 2 unspecified atom stereocenters. The van der Waals surface area contributed by atoms with Crippen LogP contribution in [0.15, 0.2) is 4.99 Å². The van der Waals surface area contributed by atoms with Crippen LogP contribution in [0, 0.1) is 5.41 Å². The van der Waals surface area contributed by atoms with E-state index in [9.17, 15) is 0 Å². The predicted molar refractivity (Wildman–Crippen MR) is 110 cm³/mol. The van der Waals surface area contributed by atoms with E-state index >= 15 is 0 Å². The summed E-state index contributed by atoms with van der Waals surface area (Å²) in [5.41, 5.74) is 0.404. The number of nitrogens with one attached hydrogen (secondary N) is 1. The molecule has 1 spiro atoms. The van der Waals surface area contributed by atoms with E-state index in [1.165, 1.54) is 51.6 Å². The number of likely N-dealkylation sites (tertiary alicyclic amines) is 2. The van der Waals surface area contributed by atoms with Gasteiger partial charge in [-0.25, -0.2) is 0 Å². The van der Waals surface area contributed by atoms with E-state index in [0.29, 0.717) is 5.41 Å². The fourth-order valence-corrected chi connectivity index (χ4v) is 4.39. The van der Waals surface area contributed by atoms with Gasteiger partial charge < -0.3 is 19.9 Å². The van der Waals surface area contributed by atoms with Crippen LogP contribution in [-0.4, -0.2) is 74.8 Å². The zero-order valence-electron chi connectivity index (χ0n) is 15.4. The fourth-order valence-electron chi connectivity index (χ4n) is 4.39. The molecule has 0 saturated carbocycles. The average molecular weight is 450 g/mol. The van der Waals surface area contributed by atoms with Crippen LogP contribution in [0.25, 0.3) is 0 Å². The minimum absolute atomic E-state index is 0. The summed E-state index contributed by atoms with van der Waals surface area (Å²) in [5.74, 6) is 1.08. The van der Waals surface area contributed by atoms with Crippen LogP contribution in [-0.2, 0) is 4.74 Å². The number of guanidine groups is 1. The maximum absolute atomic E-state index is 5.63. The first-order valence-electron chi connectivity index (χ1n) is 9.50. The first kappa shape index (κ1) is 20.2. The van der Waals surface area contributed by atoms with Crippen molar-refractivity contribution in [2.75, 3.05) is 53.0 Å². The lowest BCUT2D eigenvalue weighted by atomic mass is 9.87. The maximum atomic E-state index is 5.63. The van der Waals surface area contributed by atoms with Crippen LogP contribution in [0.3, 0.4) is 0 Å². The third kappa shape index (κ3) is 4.97. The molecule has 3 saturated heterocycles. The molecular formula is C18H35IN4O. The van der Waals surface area contributed by atoms with Gasteiger partial charge >= 0.3 is 0 Å². The number of halogens is 1. The molecular weight excluding hydrogens is 415 g/mol. The number of hydrogen-bond donors (Lipinski definition) is 1. The second kappa shape index (κ2) is 9.57. The van der Waals surface area contributed by atoms with Gasteiger partial charge in [0.05, 0.1) is 6.61 Å². The van der Waals surface area contributed by atoms with Crippen molar-refractivity contribution in [1.82, 2.24) is 15.1 Å². The Balaban J connectivity index is 0.00000208. The van der Waals surface area contributed by atoms with Gasteiger partial charge in [-0.15, -0.1) is 24.0 Å². The monoisotopic (exact) mass is 450 g/mol. The van der Waals surface area contributed by atoms with Crippen molar-refractivity contribution in [3.63, 3.8) is 0 Å². The van der Waals surface area contributed by atoms with Crippen LogP contribution in [0.5, 0.6) is 0 Å². The zero-order chi connectivity index (χ0) is 16.1. The normalized spacial score (nSPS) is 31.5. The number of hydrogen-bond acceptors (Lipinski definition) is 3. The Labute approximate surface area is 164 Å². The Bertz CT molecular complexity index is 412. The lowest BCUT2D eigenvalue weighted by molar-refractivity contribution is 0.156. The molecule has 6 heteroatoms. The number of ether oxygens (including phenoxy) is 1. The third-order valence-electron chi connectivity index (χ3n) is 5.98. The van der Waals surface area contributed by atoms with Crippen molar-refractivity contribution in [2.24, 2.45) is 10.4 Å². The van der Waals surface area contributed by atoms with Crippen LogP contribution in [0.1, 0.15) is 45.4 Å². The molecule has 0 aromatic rings. The summed E-state index contributed by atoms with van der Waals surface area (Å²) in [5, 5.41) is 3.58. The SMILES string of the molecule is CN=C(NCCCN1CCCCC1C)N1CCC2(CCOC2)C1.I. The van der Waals surface area contributed by atoms with Gasteiger partial charge in [0.15, 0.2) is 5.96 Å². The summed E-state index contributed by atoms with van der Waals surface area (Å²) in [6, 6.07) is 0.767. The minimum Gasteiger partial charge on any atom is -0.381 e. The standard InChI is InChI=1S/C18H34N4O.HI/c1-16-6-3-4-10-21(16)11-5-9-20-17(19-2)22-12-7-18(14-22)8-13-23-15-18;/h16H,3-15H2,1-2H3,(H,19,20);1H. The summed E-state index contributed by atoms with van der Waals surface area (Å²) in [7, 11) is 1.91. The lowest BCUT2D eigenvalue weighted by Crippen LogP contribution is -2.43. The molecule has 0 radical (unpaired) electrons. The Morgan fingerprint density at radius 1 is 1.29 bits per heavy atom. The third-order valence-corrected chi connectivity index (χ3v) is 5.98. The molecule has 2 atom stereocenters. The summed E-state index contributed by atoms with van der Waals surface area (Å²) < 4.78 is 5.63. The van der Waals surface area contributed by atoms with Crippen LogP contribution in [0.2, 0.25) is 0 Å². The Morgan fingerprint density at radius 3 is 2.88 bits per heavy atom. The molecule has 0 bridgehead atoms. The molecule has 0 amide bonds. The van der Waals surface area contributed by atoms with Gasteiger partial charge in [0.25, 0.3) is 0 Å². The maximum Gasteiger partial charge on any atom is 0.193 e. The van der Waals surface area contributed by atoms with Crippen LogP contribution < -0.4 is 5.32 Å². The number of piperidine rings is 1. The molecule has 0 aromatic heterocycles.